The smallest absolute Gasteiger partial charge is 0.234 e. The van der Waals surface area contributed by atoms with Gasteiger partial charge in [-0.3, -0.25) is 9.69 Å². The van der Waals surface area contributed by atoms with Crippen LogP contribution in [0.5, 0.6) is 11.5 Å². The van der Waals surface area contributed by atoms with Crippen LogP contribution in [0.1, 0.15) is 18.4 Å². The molecule has 114 valence electrons. The SMILES string of the molecule is CN(CC(=O)NC1CC1)Cc1cc2c(cc1Br)OCCO2. The number of likely N-dealkylation sites (N-methyl/N-ethyl adjacent to an activating group) is 1. The zero-order valence-corrected chi connectivity index (χ0v) is 13.6. The molecule has 0 bridgehead atoms. The first-order chi connectivity index (χ1) is 10.1. The molecule has 2 aliphatic rings. The number of rotatable bonds is 5. The van der Waals surface area contributed by atoms with E-state index in [1.165, 1.54) is 0 Å². The van der Waals surface area contributed by atoms with Crippen molar-refractivity contribution >= 4 is 21.8 Å². The Morgan fingerprint density at radius 3 is 2.67 bits per heavy atom. The molecule has 1 saturated carbocycles. The molecule has 1 fully saturated rings. The number of hydrogen-bond acceptors (Lipinski definition) is 4. The Labute approximate surface area is 132 Å². The standard InChI is InChI=1S/C15H19BrN2O3/c1-18(9-15(19)17-11-2-3-11)8-10-6-13-14(7-12(10)16)21-5-4-20-13/h6-7,11H,2-5,8-9H2,1H3,(H,17,19). The Morgan fingerprint density at radius 1 is 1.33 bits per heavy atom. The molecule has 1 aliphatic heterocycles. The molecule has 1 aliphatic carbocycles. The van der Waals surface area contributed by atoms with Crippen molar-refractivity contribution in [3.63, 3.8) is 0 Å². The predicted octanol–water partition coefficient (Wildman–Crippen LogP) is 1.93. The number of ether oxygens (including phenoxy) is 2. The van der Waals surface area contributed by atoms with E-state index >= 15 is 0 Å². The molecule has 6 heteroatoms. The monoisotopic (exact) mass is 354 g/mol. The van der Waals surface area contributed by atoms with E-state index in [9.17, 15) is 4.79 Å². The molecular weight excluding hydrogens is 336 g/mol. The number of carbonyl (C=O) groups is 1. The lowest BCUT2D eigenvalue weighted by Crippen LogP contribution is -2.36. The van der Waals surface area contributed by atoms with Gasteiger partial charge in [-0.1, -0.05) is 15.9 Å². The topological polar surface area (TPSA) is 50.8 Å². The lowest BCUT2D eigenvalue weighted by molar-refractivity contribution is -0.122. The first-order valence-corrected chi connectivity index (χ1v) is 7.97. The summed E-state index contributed by atoms with van der Waals surface area (Å²) in [6, 6.07) is 4.32. The van der Waals surface area contributed by atoms with Gasteiger partial charge in [-0.2, -0.15) is 0 Å². The lowest BCUT2D eigenvalue weighted by atomic mass is 10.2. The second-order valence-corrected chi connectivity index (χ2v) is 6.46. The molecule has 5 nitrogen and oxygen atoms in total. The summed E-state index contributed by atoms with van der Waals surface area (Å²) in [5, 5.41) is 3.00. The number of hydrogen-bond donors (Lipinski definition) is 1. The van der Waals surface area contributed by atoms with Crippen LogP contribution in [0.25, 0.3) is 0 Å². The van der Waals surface area contributed by atoms with E-state index in [2.05, 4.69) is 21.2 Å². The Hall–Kier alpha value is -1.27. The van der Waals surface area contributed by atoms with Crippen molar-refractivity contribution in [2.24, 2.45) is 0 Å². The maximum atomic E-state index is 11.8. The fraction of sp³-hybridized carbons (Fsp3) is 0.533. The van der Waals surface area contributed by atoms with Crippen LogP contribution in [0, 0.1) is 0 Å². The van der Waals surface area contributed by atoms with E-state index in [0.717, 1.165) is 34.4 Å². The summed E-state index contributed by atoms with van der Waals surface area (Å²) in [5.41, 5.74) is 1.08. The molecule has 3 rings (SSSR count). The fourth-order valence-electron chi connectivity index (χ4n) is 2.32. The number of nitrogens with zero attached hydrogens (tertiary/aromatic N) is 1. The molecule has 0 radical (unpaired) electrons. The van der Waals surface area contributed by atoms with Gasteiger partial charge < -0.3 is 14.8 Å². The first kappa shape index (κ1) is 14.7. The van der Waals surface area contributed by atoms with Crippen molar-refractivity contribution in [2.45, 2.75) is 25.4 Å². The van der Waals surface area contributed by atoms with Crippen LogP contribution >= 0.6 is 15.9 Å². The largest absolute Gasteiger partial charge is 0.486 e. The number of halogens is 1. The maximum Gasteiger partial charge on any atom is 0.234 e. The Bertz CT molecular complexity index is 546. The van der Waals surface area contributed by atoms with Crippen LogP contribution < -0.4 is 14.8 Å². The van der Waals surface area contributed by atoms with Crippen molar-refractivity contribution in [1.29, 1.82) is 0 Å². The Morgan fingerprint density at radius 2 is 2.00 bits per heavy atom. The molecule has 0 aromatic heterocycles. The van der Waals surface area contributed by atoms with Gasteiger partial charge in [0, 0.05) is 17.1 Å². The maximum absolute atomic E-state index is 11.8. The third-order valence-electron chi connectivity index (χ3n) is 3.51. The zero-order valence-electron chi connectivity index (χ0n) is 12.0. The predicted molar refractivity (Wildman–Crippen MR) is 82.6 cm³/mol. The summed E-state index contributed by atoms with van der Waals surface area (Å²) >= 11 is 3.56. The summed E-state index contributed by atoms with van der Waals surface area (Å²) in [7, 11) is 1.94. The van der Waals surface area contributed by atoms with E-state index in [1.54, 1.807) is 0 Å². The van der Waals surface area contributed by atoms with Gasteiger partial charge in [-0.25, -0.2) is 0 Å². The highest BCUT2D eigenvalue weighted by Crippen LogP contribution is 2.35. The van der Waals surface area contributed by atoms with Gasteiger partial charge in [0.15, 0.2) is 11.5 Å². The highest BCUT2D eigenvalue weighted by Gasteiger charge is 2.23. The summed E-state index contributed by atoms with van der Waals surface area (Å²) < 4.78 is 12.1. The third kappa shape index (κ3) is 3.89. The summed E-state index contributed by atoms with van der Waals surface area (Å²) in [5.74, 6) is 1.63. The second-order valence-electron chi connectivity index (χ2n) is 5.60. The molecular formula is C15H19BrN2O3. The summed E-state index contributed by atoms with van der Waals surface area (Å²) in [4.78, 5) is 13.8. The van der Waals surface area contributed by atoms with Gasteiger partial charge in [-0.05, 0) is 37.6 Å². The quantitative estimate of drug-likeness (QED) is 0.877. The van der Waals surface area contributed by atoms with Crippen molar-refractivity contribution in [3.05, 3.63) is 22.2 Å². The van der Waals surface area contributed by atoms with Crippen molar-refractivity contribution in [2.75, 3.05) is 26.8 Å². The Balaban J connectivity index is 1.61. The molecule has 1 aromatic rings. The first-order valence-electron chi connectivity index (χ1n) is 7.18. The van der Waals surface area contributed by atoms with Crippen LogP contribution in [0.2, 0.25) is 0 Å². The minimum absolute atomic E-state index is 0.0914. The van der Waals surface area contributed by atoms with E-state index in [-0.39, 0.29) is 5.91 Å². The van der Waals surface area contributed by atoms with Crippen molar-refractivity contribution in [1.82, 2.24) is 10.2 Å². The van der Waals surface area contributed by atoms with Crippen molar-refractivity contribution < 1.29 is 14.3 Å². The normalized spacial score (nSPS) is 16.9. The molecule has 0 spiro atoms. The average Bonchev–Trinajstić information content (AvgIpc) is 3.23. The molecule has 0 saturated heterocycles. The van der Waals surface area contributed by atoms with E-state index in [1.807, 2.05) is 24.1 Å². The van der Waals surface area contributed by atoms with Gasteiger partial charge in [0.1, 0.15) is 13.2 Å². The highest BCUT2D eigenvalue weighted by atomic mass is 79.9. The number of amides is 1. The van der Waals surface area contributed by atoms with Gasteiger partial charge in [0.25, 0.3) is 0 Å². The molecule has 0 unspecified atom stereocenters. The highest BCUT2D eigenvalue weighted by molar-refractivity contribution is 9.10. The Kier molecular flexibility index (Phi) is 4.35. The van der Waals surface area contributed by atoms with Crippen LogP contribution in [0.4, 0.5) is 0 Å². The van der Waals surface area contributed by atoms with Crippen molar-refractivity contribution in [3.8, 4) is 11.5 Å². The lowest BCUT2D eigenvalue weighted by Gasteiger charge is -2.22. The van der Waals surface area contributed by atoms with E-state index < -0.39 is 0 Å². The van der Waals surface area contributed by atoms with Gasteiger partial charge in [0.2, 0.25) is 5.91 Å². The zero-order chi connectivity index (χ0) is 14.8. The summed E-state index contributed by atoms with van der Waals surface area (Å²) in [6.07, 6.45) is 2.23. The van der Waals surface area contributed by atoms with E-state index in [4.69, 9.17) is 9.47 Å². The molecule has 0 atom stereocenters. The minimum Gasteiger partial charge on any atom is -0.486 e. The minimum atomic E-state index is 0.0914. The van der Waals surface area contributed by atoms with Gasteiger partial charge >= 0.3 is 0 Å². The van der Waals surface area contributed by atoms with Gasteiger partial charge in [-0.15, -0.1) is 0 Å². The number of fused-ring (bicyclic) bond motifs is 1. The van der Waals surface area contributed by atoms with Crippen LogP contribution in [-0.4, -0.2) is 43.7 Å². The van der Waals surface area contributed by atoms with Crippen LogP contribution in [0.3, 0.4) is 0 Å². The third-order valence-corrected chi connectivity index (χ3v) is 4.25. The van der Waals surface area contributed by atoms with Crippen LogP contribution in [0.15, 0.2) is 16.6 Å². The molecule has 1 aromatic carbocycles. The fourth-order valence-corrected chi connectivity index (χ4v) is 2.77. The number of carbonyl (C=O) groups excluding carboxylic acids is 1. The average molecular weight is 355 g/mol. The number of nitrogens with one attached hydrogen (secondary N) is 1. The molecule has 1 heterocycles. The van der Waals surface area contributed by atoms with E-state index in [0.29, 0.717) is 32.3 Å². The molecule has 1 N–H and O–H groups in total. The second kappa shape index (κ2) is 6.23. The summed E-state index contributed by atoms with van der Waals surface area (Å²) in [6.45, 7) is 2.24. The van der Waals surface area contributed by atoms with Crippen LogP contribution in [-0.2, 0) is 11.3 Å². The molecule has 21 heavy (non-hydrogen) atoms. The van der Waals surface area contributed by atoms with Gasteiger partial charge in [0.05, 0.1) is 6.54 Å². The number of benzene rings is 1. The molecule has 1 amide bonds.